The van der Waals surface area contributed by atoms with E-state index in [2.05, 4.69) is 18.7 Å². The number of aliphatic hydroxyl groups is 1. The molecule has 0 aromatic heterocycles. The molecule has 5 atom stereocenters. The quantitative estimate of drug-likeness (QED) is 0.373. The largest absolute Gasteiger partial charge is 0.366 e. The number of carbonyl (C=O) groups is 2. The molecular weight excluding hydrogens is 607 g/mol. The van der Waals surface area contributed by atoms with Gasteiger partial charge >= 0.3 is 0 Å². The smallest absolute Gasteiger partial charge is 0.263 e. The van der Waals surface area contributed by atoms with Crippen molar-refractivity contribution in [2.45, 2.75) is 70.0 Å². The monoisotopic (exact) mass is 642 g/mol. The van der Waals surface area contributed by atoms with Crippen LogP contribution >= 0.6 is 35.0 Å². The fourth-order valence-electron chi connectivity index (χ4n) is 6.80. The van der Waals surface area contributed by atoms with Gasteiger partial charge < -0.3 is 24.5 Å². The summed E-state index contributed by atoms with van der Waals surface area (Å²) >= 11 is 13.9. The zero-order valence-electron chi connectivity index (χ0n) is 24.5. The van der Waals surface area contributed by atoms with Gasteiger partial charge in [-0.15, -0.1) is 0 Å². The van der Waals surface area contributed by atoms with Gasteiger partial charge in [-0.25, -0.2) is 0 Å². The number of benzene rings is 2. The minimum atomic E-state index is -1.04. The molecule has 0 aliphatic carbocycles. The van der Waals surface area contributed by atoms with Crippen LogP contribution in [0.15, 0.2) is 64.1 Å². The fraction of sp³-hybridized carbons (Fsp3) is 0.469. The van der Waals surface area contributed by atoms with Crippen molar-refractivity contribution in [3.8, 4) is 0 Å². The summed E-state index contributed by atoms with van der Waals surface area (Å²) < 4.78 is 5.15. The Balaban J connectivity index is 1.34. The van der Waals surface area contributed by atoms with Crippen LogP contribution in [0.2, 0.25) is 10.0 Å². The minimum Gasteiger partial charge on any atom is -0.366 e. The lowest BCUT2D eigenvalue weighted by atomic mass is 9.92. The van der Waals surface area contributed by atoms with Crippen LogP contribution in [0, 0.1) is 5.92 Å². The topological polar surface area (TPSA) is 85.7 Å². The zero-order valence-corrected chi connectivity index (χ0v) is 26.8. The lowest BCUT2D eigenvalue weighted by Gasteiger charge is -2.34. The van der Waals surface area contributed by atoms with Gasteiger partial charge in [0.05, 0.1) is 12.1 Å². The molecule has 2 fully saturated rings. The highest BCUT2D eigenvalue weighted by molar-refractivity contribution is 8.18. The van der Waals surface area contributed by atoms with Crippen molar-refractivity contribution in [1.82, 2.24) is 14.7 Å². The molecule has 4 heterocycles. The third kappa shape index (κ3) is 5.59. The number of allylic oxidation sites excluding steroid dienone is 1. The summed E-state index contributed by atoms with van der Waals surface area (Å²) in [6.45, 7) is 5.25. The fourth-order valence-corrected chi connectivity index (χ4v) is 8.36. The van der Waals surface area contributed by atoms with Crippen LogP contribution < -0.4 is 0 Å². The second-order valence-electron chi connectivity index (χ2n) is 11.8. The van der Waals surface area contributed by atoms with Gasteiger partial charge in [0.2, 0.25) is 5.91 Å². The van der Waals surface area contributed by atoms with E-state index in [1.807, 2.05) is 48.5 Å². The molecule has 2 amide bonds. The van der Waals surface area contributed by atoms with Crippen LogP contribution in [0.4, 0.5) is 0 Å². The Bertz CT molecular complexity index is 1450. The molecular formula is C32H36Cl2N4O4S. The number of halogens is 2. The maximum Gasteiger partial charge on any atom is 0.263 e. The van der Waals surface area contributed by atoms with Gasteiger partial charge in [0.25, 0.3) is 5.91 Å². The standard InChI is InChI=1S/C32H36Cl2N4O4S/c1-18(2)26-28(30(40)36-16-4-6-23(36)29(39)37-17-5-7-24(37)31(41)42-3)43-32-35-25(19-8-12-21(33)13-9-19)27(38(26)32)20-10-14-22(34)15-11-20/h8-15,18,23-25,27,31,41H,4-7,16-17H2,1-3H3/t23-,24?,25-,27+,31?/m0/s1. The van der Waals surface area contributed by atoms with E-state index in [-0.39, 0.29) is 29.8 Å². The molecule has 11 heteroatoms. The number of methoxy groups -OCH3 is 1. The van der Waals surface area contributed by atoms with Crippen molar-refractivity contribution in [2.75, 3.05) is 20.2 Å². The summed E-state index contributed by atoms with van der Waals surface area (Å²) in [6.07, 6.45) is 1.78. The minimum absolute atomic E-state index is 0.0227. The number of likely N-dealkylation sites (tertiary alicyclic amines) is 2. The molecule has 2 saturated heterocycles. The number of ether oxygens (including phenoxy) is 1. The molecule has 0 saturated carbocycles. The van der Waals surface area contributed by atoms with Crippen LogP contribution in [0.1, 0.15) is 62.7 Å². The lowest BCUT2D eigenvalue weighted by Crippen LogP contribution is -2.52. The summed E-state index contributed by atoms with van der Waals surface area (Å²) in [5.41, 5.74) is 2.99. The van der Waals surface area contributed by atoms with E-state index >= 15 is 0 Å². The van der Waals surface area contributed by atoms with Crippen LogP contribution in [0.3, 0.4) is 0 Å². The normalized spacial score (nSPS) is 26.0. The first-order chi connectivity index (χ1) is 20.7. The van der Waals surface area contributed by atoms with Gasteiger partial charge in [-0.2, -0.15) is 0 Å². The van der Waals surface area contributed by atoms with Crippen LogP contribution in [-0.4, -0.2) is 75.4 Å². The second-order valence-corrected chi connectivity index (χ2v) is 13.6. The van der Waals surface area contributed by atoms with E-state index in [0.29, 0.717) is 40.9 Å². The first kappa shape index (κ1) is 30.5. The van der Waals surface area contributed by atoms with Crippen molar-refractivity contribution in [3.05, 3.63) is 80.3 Å². The van der Waals surface area contributed by atoms with Crippen LogP contribution in [0.5, 0.6) is 0 Å². The van der Waals surface area contributed by atoms with Gasteiger partial charge in [0.1, 0.15) is 17.0 Å². The highest BCUT2D eigenvalue weighted by atomic mass is 35.5. The molecule has 0 spiro atoms. The number of amidine groups is 1. The number of fused-ring (bicyclic) bond motifs is 1. The van der Waals surface area contributed by atoms with E-state index in [1.165, 1.54) is 18.9 Å². The third-order valence-electron chi connectivity index (χ3n) is 8.83. The van der Waals surface area contributed by atoms with E-state index < -0.39 is 18.4 Å². The van der Waals surface area contributed by atoms with Crippen molar-refractivity contribution in [1.29, 1.82) is 0 Å². The predicted molar refractivity (Wildman–Crippen MR) is 170 cm³/mol. The first-order valence-electron chi connectivity index (χ1n) is 14.8. The van der Waals surface area contributed by atoms with Crippen molar-refractivity contribution < 1.29 is 19.4 Å². The Labute approximate surface area is 266 Å². The van der Waals surface area contributed by atoms with Crippen molar-refractivity contribution in [2.24, 2.45) is 10.9 Å². The molecule has 4 aliphatic heterocycles. The van der Waals surface area contributed by atoms with Gasteiger partial charge in [0.15, 0.2) is 11.5 Å². The van der Waals surface area contributed by atoms with E-state index in [1.54, 1.807) is 9.80 Å². The highest BCUT2D eigenvalue weighted by Crippen LogP contribution is 2.53. The maximum absolute atomic E-state index is 14.4. The number of aliphatic hydroxyl groups excluding tert-OH is 1. The van der Waals surface area contributed by atoms with Gasteiger partial charge in [-0.05, 0) is 78.8 Å². The number of hydrogen-bond donors (Lipinski definition) is 1. The molecule has 0 bridgehead atoms. The van der Waals surface area contributed by atoms with Crippen molar-refractivity contribution >= 4 is 51.9 Å². The first-order valence-corrected chi connectivity index (χ1v) is 16.4. The molecule has 2 aromatic rings. The number of nitrogens with zero attached hydrogens (tertiary/aromatic N) is 4. The average Bonchev–Trinajstić information content (AvgIpc) is 3.80. The van der Waals surface area contributed by atoms with Crippen LogP contribution in [-0.2, 0) is 14.3 Å². The lowest BCUT2D eigenvalue weighted by molar-refractivity contribution is -0.154. The summed E-state index contributed by atoms with van der Waals surface area (Å²) in [5, 5.41) is 12.5. The molecule has 228 valence electrons. The van der Waals surface area contributed by atoms with Crippen LogP contribution in [0.25, 0.3) is 0 Å². The molecule has 2 aromatic carbocycles. The summed E-state index contributed by atoms with van der Waals surface area (Å²) in [4.78, 5) is 39.6. The summed E-state index contributed by atoms with van der Waals surface area (Å²) in [6, 6.07) is 14.2. The number of hydrogen-bond acceptors (Lipinski definition) is 7. The Kier molecular flexibility index (Phi) is 8.82. The molecule has 0 radical (unpaired) electrons. The number of thioether (sulfide) groups is 1. The maximum atomic E-state index is 14.4. The van der Waals surface area contributed by atoms with E-state index in [9.17, 15) is 14.7 Å². The van der Waals surface area contributed by atoms with E-state index in [4.69, 9.17) is 32.9 Å². The summed E-state index contributed by atoms with van der Waals surface area (Å²) in [7, 11) is 1.44. The Morgan fingerprint density at radius 2 is 1.56 bits per heavy atom. The molecule has 4 aliphatic rings. The van der Waals surface area contributed by atoms with Gasteiger partial charge in [-0.3, -0.25) is 14.6 Å². The Morgan fingerprint density at radius 1 is 0.953 bits per heavy atom. The number of carbonyl (C=O) groups excluding carboxylic acids is 2. The second kappa shape index (κ2) is 12.4. The SMILES string of the molecule is COC(O)C1CCCN1C(=O)[C@@H]1CCCN1C(=O)C1=C(C(C)C)N2C(=N[C@@H](c3ccc(Cl)cc3)[C@H]2c2ccc(Cl)cc2)S1. The number of aliphatic imine (C=N–C) groups is 1. The molecule has 1 N–H and O–H groups in total. The predicted octanol–water partition coefficient (Wildman–Crippen LogP) is 6.01. The van der Waals surface area contributed by atoms with E-state index in [0.717, 1.165) is 34.8 Å². The number of amides is 2. The molecule has 2 unspecified atom stereocenters. The Hall–Kier alpha value is -2.56. The zero-order chi connectivity index (χ0) is 30.4. The highest BCUT2D eigenvalue weighted by Gasteiger charge is 2.49. The van der Waals surface area contributed by atoms with Crippen molar-refractivity contribution in [3.63, 3.8) is 0 Å². The van der Waals surface area contributed by atoms with Gasteiger partial charge in [0, 0.05) is 35.9 Å². The number of rotatable bonds is 7. The summed E-state index contributed by atoms with van der Waals surface area (Å²) in [5.74, 6) is -0.226. The Morgan fingerprint density at radius 3 is 2.19 bits per heavy atom. The van der Waals surface area contributed by atoms with Gasteiger partial charge in [-0.1, -0.05) is 61.3 Å². The molecule has 6 rings (SSSR count). The molecule has 43 heavy (non-hydrogen) atoms. The average molecular weight is 644 g/mol. The third-order valence-corrected chi connectivity index (χ3v) is 10.4. The molecule has 8 nitrogen and oxygen atoms in total.